The highest BCUT2D eigenvalue weighted by Gasteiger charge is 2.39. The van der Waals surface area contributed by atoms with E-state index in [2.05, 4.69) is 143 Å². The third kappa shape index (κ3) is 9.84. The van der Waals surface area contributed by atoms with Crippen LogP contribution in [0.5, 0.6) is 46.0 Å². The molecule has 0 saturated carbocycles. The Hall–Kier alpha value is -7.12. The SMILES string of the molecule is COc1ccsc1-c1sc(-c2ccc(C(c3ccc(-c4cc(OC)c(-c5sccc5OC)s4)cc3)(c3ccc(-c4cc(OC)c(-c5sccc5OC)s4)cc3)c3ccc(-c4cc(OC)c(-c5sccc5OC)s4)cc3)cc2)cc1OC. The Balaban J connectivity index is 1.03. The maximum atomic E-state index is 6.00. The summed E-state index contributed by atoms with van der Waals surface area (Å²) in [6.45, 7) is 0. The first-order valence-electron chi connectivity index (χ1n) is 25.4. The fourth-order valence-corrected chi connectivity index (χ4v) is 18.9. The van der Waals surface area contributed by atoms with Gasteiger partial charge in [-0.3, -0.25) is 0 Å². The molecule has 8 heterocycles. The number of thiophene rings is 8. The van der Waals surface area contributed by atoms with Crippen LogP contribution in [0.25, 0.3) is 80.8 Å². The molecule has 0 aliphatic carbocycles. The van der Waals surface area contributed by atoms with Crippen LogP contribution in [0.3, 0.4) is 0 Å². The van der Waals surface area contributed by atoms with Gasteiger partial charge >= 0.3 is 0 Å². The third-order valence-electron chi connectivity index (χ3n) is 14.3. The maximum absolute atomic E-state index is 6.00. The summed E-state index contributed by atoms with van der Waals surface area (Å²) in [6, 6.07) is 52.9. The van der Waals surface area contributed by atoms with Crippen molar-refractivity contribution in [2.24, 2.45) is 0 Å². The molecule has 12 aromatic rings. The van der Waals surface area contributed by atoms with Crippen LogP contribution in [0.15, 0.2) is 167 Å². The second-order valence-electron chi connectivity index (χ2n) is 18.4. The lowest BCUT2D eigenvalue weighted by Gasteiger charge is -2.37. The number of benzene rings is 4. The maximum Gasteiger partial charge on any atom is 0.139 e. The molecule has 0 fully saturated rings. The summed E-state index contributed by atoms with van der Waals surface area (Å²) in [5, 5.41) is 8.22. The Morgan fingerprint density at radius 1 is 0.235 bits per heavy atom. The van der Waals surface area contributed by atoms with Crippen molar-refractivity contribution >= 4 is 90.7 Å². The van der Waals surface area contributed by atoms with Crippen LogP contribution in [-0.4, -0.2) is 56.9 Å². The highest BCUT2D eigenvalue weighted by molar-refractivity contribution is 7.25. The minimum atomic E-state index is -0.829. The van der Waals surface area contributed by atoms with Gasteiger partial charge < -0.3 is 37.9 Å². The third-order valence-corrected chi connectivity index (χ3v) is 23.2. The van der Waals surface area contributed by atoms with Gasteiger partial charge in [-0.05, 0) is 115 Å². The van der Waals surface area contributed by atoms with Gasteiger partial charge in [-0.15, -0.1) is 90.7 Å². The Labute approximate surface area is 502 Å². The van der Waals surface area contributed by atoms with E-state index in [0.717, 1.165) is 149 Å². The number of rotatable bonds is 20. The first-order chi connectivity index (χ1) is 39.7. The van der Waals surface area contributed by atoms with Crippen LogP contribution in [0.1, 0.15) is 22.3 Å². The molecule has 0 amide bonds. The molecule has 0 unspecified atom stereocenters. The van der Waals surface area contributed by atoms with E-state index in [4.69, 9.17) is 37.9 Å². The minimum absolute atomic E-state index is 0.814. The molecule has 0 radical (unpaired) electrons. The molecule has 0 saturated heterocycles. The first kappa shape index (κ1) is 54.5. The van der Waals surface area contributed by atoms with Gasteiger partial charge in [-0.25, -0.2) is 0 Å². The molecule has 4 aromatic carbocycles. The summed E-state index contributed by atoms with van der Waals surface area (Å²) in [5.41, 5.74) is 7.90. The molecule has 81 heavy (non-hydrogen) atoms. The summed E-state index contributed by atoms with van der Waals surface area (Å²) < 4.78 is 47.1. The lowest BCUT2D eigenvalue weighted by molar-refractivity contribution is 0.413. The van der Waals surface area contributed by atoms with Crippen molar-refractivity contribution in [3.8, 4) is 127 Å². The molecule has 0 aliphatic rings. The molecular formula is C65H52O8S8. The number of hydrogen-bond acceptors (Lipinski definition) is 16. The quantitative estimate of drug-likeness (QED) is 0.0699. The van der Waals surface area contributed by atoms with Crippen molar-refractivity contribution in [1.82, 2.24) is 0 Å². The molecule has 12 rings (SSSR count). The molecular weight excluding hydrogens is 1170 g/mol. The Morgan fingerprint density at radius 3 is 0.617 bits per heavy atom. The lowest BCUT2D eigenvalue weighted by Crippen LogP contribution is -2.31. The van der Waals surface area contributed by atoms with Crippen LogP contribution in [0.2, 0.25) is 0 Å². The summed E-state index contributed by atoms with van der Waals surface area (Å²) in [5.74, 6) is 6.59. The smallest absolute Gasteiger partial charge is 0.139 e. The predicted molar refractivity (Wildman–Crippen MR) is 344 cm³/mol. The van der Waals surface area contributed by atoms with Gasteiger partial charge in [0.15, 0.2) is 0 Å². The molecule has 0 aliphatic heterocycles. The number of hydrogen-bond donors (Lipinski definition) is 0. The minimum Gasteiger partial charge on any atom is -0.495 e. The van der Waals surface area contributed by atoms with Gasteiger partial charge in [0.2, 0.25) is 0 Å². The molecule has 16 heteroatoms. The average Bonchev–Trinajstić information content (AvgIpc) is 4.53. The fourth-order valence-electron chi connectivity index (χ4n) is 10.3. The standard InChI is InChI=1S/C65H52O8S8/c1-66-45-25-29-74-57(45)61-49(70-5)33-53(78-61)37-9-17-41(18-10-37)65(42-19-11-38(12-20-42)54-34-50(71-6)62(79-54)58-46(67-2)26-30-75-58,43-21-13-39(14-22-43)55-35-51(72-7)63(80-55)59-47(68-3)27-31-76-59)44-23-15-40(16-24-44)56-36-52(73-8)64(81-56)60-48(69-4)28-32-77-60/h9-36H,1-8H3. The summed E-state index contributed by atoms with van der Waals surface area (Å²) >= 11 is 13.4. The normalized spacial score (nSPS) is 11.5. The van der Waals surface area contributed by atoms with Gasteiger partial charge in [0, 0.05) is 19.5 Å². The molecule has 8 nitrogen and oxygen atoms in total. The van der Waals surface area contributed by atoms with E-state index in [-0.39, 0.29) is 0 Å². The zero-order valence-electron chi connectivity index (χ0n) is 45.2. The predicted octanol–water partition coefficient (Wildman–Crippen LogP) is 20.0. The van der Waals surface area contributed by atoms with Crippen LogP contribution >= 0.6 is 90.7 Å². The van der Waals surface area contributed by atoms with E-state index in [1.807, 2.05) is 24.3 Å². The second-order valence-corrected chi connectivity index (χ2v) is 26.2. The van der Waals surface area contributed by atoms with E-state index >= 15 is 0 Å². The highest BCUT2D eigenvalue weighted by Crippen LogP contribution is 2.54. The molecule has 0 N–H and O–H groups in total. The van der Waals surface area contributed by atoms with Gasteiger partial charge in [0.25, 0.3) is 0 Å². The van der Waals surface area contributed by atoms with E-state index in [1.54, 1.807) is 148 Å². The monoisotopic (exact) mass is 1220 g/mol. The van der Waals surface area contributed by atoms with E-state index in [9.17, 15) is 0 Å². The zero-order chi connectivity index (χ0) is 55.8. The van der Waals surface area contributed by atoms with Crippen LogP contribution in [-0.2, 0) is 5.41 Å². The molecule has 0 bridgehead atoms. The number of ether oxygens (including phenoxy) is 8. The summed E-state index contributed by atoms with van der Waals surface area (Å²) in [6.07, 6.45) is 0. The Kier molecular flexibility index (Phi) is 15.7. The van der Waals surface area contributed by atoms with E-state index in [0.29, 0.717) is 0 Å². The van der Waals surface area contributed by atoms with Crippen molar-refractivity contribution < 1.29 is 37.9 Å². The van der Waals surface area contributed by atoms with Crippen LogP contribution < -0.4 is 37.9 Å². The lowest BCUT2D eigenvalue weighted by atomic mass is 9.64. The van der Waals surface area contributed by atoms with Gasteiger partial charge in [-0.1, -0.05) is 97.1 Å². The second kappa shape index (κ2) is 23.4. The van der Waals surface area contributed by atoms with Crippen LogP contribution in [0.4, 0.5) is 0 Å². The molecule has 8 aromatic heterocycles. The average molecular weight is 1220 g/mol. The summed E-state index contributed by atoms with van der Waals surface area (Å²) in [4.78, 5) is 12.7. The highest BCUT2D eigenvalue weighted by atomic mass is 32.1. The first-order valence-corrected chi connectivity index (χ1v) is 32.2. The Bertz CT molecular complexity index is 3570. The largest absolute Gasteiger partial charge is 0.495 e. The van der Waals surface area contributed by atoms with E-state index in [1.165, 1.54) is 0 Å². The molecule has 0 spiro atoms. The van der Waals surface area contributed by atoms with Gasteiger partial charge in [0.05, 0.1) is 101 Å². The van der Waals surface area contributed by atoms with Crippen molar-refractivity contribution in [1.29, 1.82) is 0 Å². The van der Waals surface area contributed by atoms with Crippen LogP contribution in [0, 0.1) is 0 Å². The van der Waals surface area contributed by atoms with Crippen molar-refractivity contribution in [2.75, 3.05) is 56.9 Å². The van der Waals surface area contributed by atoms with Gasteiger partial charge in [0.1, 0.15) is 46.0 Å². The molecule has 408 valence electrons. The topological polar surface area (TPSA) is 73.8 Å². The van der Waals surface area contributed by atoms with Crippen molar-refractivity contribution in [3.05, 3.63) is 189 Å². The van der Waals surface area contributed by atoms with E-state index < -0.39 is 5.41 Å². The van der Waals surface area contributed by atoms with Gasteiger partial charge in [-0.2, -0.15) is 0 Å². The number of methoxy groups -OCH3 is 8. The Morgan fingerprint density at radius 2 is 0.432 bits per heavy atom. The zero-order valence-corrected chi connectivity index (χ0v) is 51.7. The summed E-state index contributed by atoms with van der Waals surface area (Å²) in [7, 11) is 13.8. The van der Waals surface area contributed by atoms with Crippen molar-refractivity contribution in [2.45, 2.75) is 5.41 Å². The fraction of sp³-hybridized carbons (Fsp3) is 0.138. The molecule has 0 atom stereocenters. The van der Waals surface area contributed by atoms with Crippen molar-refractivity contribution in [3.63, 3.8) is 0 Å².